The third-order valence-corrected chi connectivity index (χ3v) is 2.02. The molecule has 0 amide bonds. The molecule has 1 aromatic heterocycles. The zero-order valence-corrected chi connectivity index (χ0v) is 7.86. The van der Waals surface area contributed by atoms with Gasteiger partial charge in [-0.2, -0.15) is 0 Å². The Balaban J connectivity index is 2.37. The number of carbonyl (C=O) groups excluding carboxylic acids is 1. The fourth-order valence-corrected chi connectivity index (χ4v) is 1.30. The molecule has 0 atom stereocenters. The predicted molar refractivity (Wildman–Crippen MR) is 51.4 cm³/mol. The number of hydrogen-bond donors (Lipinski definition) is 0. The first-order valence-corrected chi connectivity index (χ1v) is 4.35. The minimum absolute atomic E-state index is 0.145. The fraction of sp³-hybridized carbons (Fsp3) is 0. The van der Waals surface area contributed by atoms with Crippen LogP contribution < -0.4 is 0 Å². The average molecular weight is 208 g/mol. The summed E-state index contributed by atoms with van der Waals surface area (Å²) in [6.45, 7) is 0. The maximum atomic E-state index is 11.7. The number of aromatic nitrogens is 1. The van der Waals surface area contributed by atoms with Gasteiger partial charge in [0.1, 0.15) is 6.26 Å². The van der Waals surface area contributed by atoms with E-state index in [9.17, 15) is 4.79 Å². The molecule has 0 saturated carbocycles. The lowest BCUT2D eigenvalue weighted by molar-refractivity contribution is 0.103. The predicted octanol–water partition coefficient (Wildman–Crippen LogP) is 2.56. The monoisotopic (exact) mass is 207 g/mol. The van der Waals surface area contributed by atoms with Crippen LogP contribution in [0.25, 0.3) is 0 Å². The second kappa shape index (κ2) is 3.64. The summed E-state index contributed by atoms with van der Waals surface area (Å²) < 4.78 is 4.58. The lowest BCUT2D eigenvalue weighted by atomic mass is 10.1. The minimum Gasteiger partial charge on any atom is -0.364 e. The van der Waals surface area contributed by atoms with Crippen LogP contribution >= 0.6 is 11.6 Å². The van der Waals surface area contributed by atoms with E-state index in [2.05, 4.69) is 9.68 Å². The molecule has 70 valence electrons. The van der Waals surface area contributed by atoms with E-state index >= 15 is 0 Å². The van der Waals surface area contributed by atoms with Gasteiger partial charge in [0, 0.05) is 10.6 Å². The van der Waals surface area contributed by atoms with Crippen LogP contribution in [0, 0.1) is 0 Å². The topological polar surface area (TPSA) is 43.1 Å². The third-order valence-electron chi connectivity index (χ3n) is 1.78. The van der Waals surface area contributed by atoms with Gasteiger partial charge in [0.2, 0.25) is 0 Å². The standard InChI is InChI=1S/C10H6ClNO2/c11-9-3-1-2-7(4-9)10(13)8-5-12-14-6-8/h1-6H. The number of halogens is 1. The molecule has 2 rings (SSSR count). The molecule has 14 heavy (non-hydrogen) atoms. The summed E-state index contributed by atoms with van der Waals surface area (Å²) in [5, 5.41) is 4.00. The van der Waals surface area contributed by atoms with Crippen molar-refractivity contribution in [3.05, 3.63) is 52.9 Å². The van der Waals surface area contributed by atoms with Crippen LogP contribution in [0.4, 0.5) is 0 Å². The first-order chi connectivity index (χ1) is 6.77. The summed E-state index contributed by atoms with van der Waals surface area (Å²) in [6, 6.07) is 6.74. The highest BCUT2D eigenvalue weighted by atomic mass is 35.5. The van der Waals surface area contributed by atoms with Gasteiger partial charge in [-0.05, 0) is 12.1 Å². The molecule has 0 fully saturated rings. The summed E-state index contributed by atoms with van der Waals surface area (Å²) in [4.78, 5) is 11.7. The van der Waals surface area contributed by atoms with Gasteiger partial charge in [-0.15, -0.1) is 0 Å². The van der Waals surface area contributed by atoms with Gasteiger partial charge in [0.15, 0.2) is 5.78 Å². The van der Waals surface area contributed by atoms with E-state index in [1.54, 1.807) is 24.3 Å². The Hall–Kier alpha value is -1.61. The van der Waals surface area contributed by atoms with Crippen LogP contribution in [0.2, 0.25) is 5.02 Å². The number of carbonyl (C=O) groups is 1. The van der Waals surface area contributed by atoms with E-state index in [0.717, 1.165) is 0 Å². The molecular formula is C10H6ClNO2. The molecule has 0 aliphatic rings. The Kier molecular flexibility index (Phi) is 2.33. The van der Waals surface area contributed by atoms with Gasteiger partial charge < -0.3 is 4.52 Å². The molecule has 1 aromatic carbocycles. The second-order valence-corrected chi connectivity index (χ2v) is 3.19. The molecule has 1 heterocycles. The van der Waals surface area contributed by atoms with Crippen molar-refractivity contribution in [3.8, 4) is 0 Å². The fourth-order valence-electron chi connectivity index (χ4n) is 1.11. The quantitative estimate of drug-likeness (QED) is 0.711. The zero-order chi connectivity index (χ0) is 9.97. The summed E-state index contributed by atoms with van der Waals surface area (Å²) >= 11 is 5.76. The SMILES string of the molecule is O=C(c1cnoc1)c1cccc(Cl)c1. The summed E-state index contributed by atoms with van der Waals surface area (Å²) in [7, 11) is 0. The van der Waals surface area contributed by atoms with Gasteiger partial charge in [-0.3, -0.25) is 4.79 Å². The van der Waals surface area contributed by atoms with E-state index < -0.39 is 0 Å². The Morgan fingerprint density at radius 3 is 2.86 bits per heavy atom. The van der Waals surface area contributed by atoms with Crippen molar-refractivity contribution in [1.82, 2.24) is 5.16 Å². The Morgan fingerprint density at radius 2 is 2.21 bits per heavy atom. The van der Waals surface area contributed by atoms with E-state index in [-0.39, 0.29) is 5.78 Å². The maximum absolute atomic E-state index is 11.7. The molecule has 0 aliphatic heterocycles. The van der Waals surface area contributed by atoms with Crippen LogP contribution in [0.15, 0.2) is 41.2 Å². The van der Waals surface area contributed by atoms with Crippen molar-refractivity contribution in [2.45, 2.75) is 0 Å². The minimum atomic E-state index is -0.145. The Bertz CT molecular complexity index is 451. The zero-order valence-electron chi connectivity index (χ0n) is 7.11. The van der Waals surface area contributed by atoms with Crippen LogP contribution in [-0.4, -0.2) is 10.9 Å². The van der Waals surface area contributed by atoms with Gasteiger partial charge >= 0.3 is 0 Å². The molecule has 0 aliphatic carbocycles. The molecule has 3 nitrogen and oxygen atoms in total. The van der Waals surface area contributed by atoms with Crippen molar-refractivity contribution in [3.63, 3.8) is 0 Å². The van der Waals surface area contributed by atoms with E-state index in [4.69, 9.17) is 11.6 Å². The van der Waals surface area contributed by atoms with Crippen molar-refractivity contribution in [2.24, 2.45) is 0 Å². The first kappa shape index (κ1) is 8.97. The van der Waals surface area contributed by atoms with Crippen LogP contribution in [0.1, 0.15) is 15.9 Å². The maximum Gasteiger partial charge on any atom is 0.197 e. The van der Waals surface area contributed by atoms with Crippen LogP contribution in [0.3, 0.4) is 0 Å². The second-order valence-electron chi connectivity index (χ2n) is 2.75. The molecular weight excluding hydrogens is 202 g/mol. The molecule has 0 unspecified atom stereocenters. The van der Waals surface area contributed by atoms with E-state index in [1.165, 1.54) is 12.5 Å². The molecule has 0 radical (unpaired) electrons. The smallest absolute Gasteiger partial charge is 0.197 e. The van der Waals surface area contributed by atoms with E-state index in [1.807, 2.05) is 0 Å². The van der Waals surface area contributed by atoms with Crippen molar-refractivity contribution >= 4 is 17.4 Å². The molecule has 0 saturated heterocycles. The number of benzene rings is 1. The Labute approximate surface area is 85.3 Å². The van der Waals surface area contributed by atoms with Crippen molar-refractivity contribution < 1.29 is 9.32 Å². The number of hydrogen-bond acceptors (Lipinski definition) is 3. The highest BCUT2D eigenvalue weighted by Crippen LogP contribution is 2.14. The van der Waals surface area contributed by atoms with E-state index in [0.29, 0.717) is 16.1 Å². The molecule has 4 heteroatoms. The molecule has 0 bridgehead atoms. The Morgan fingerprint density at radius 1 is 1.36 bits per heavy atom. The van der Waals surface area contributed by atoms with Gasteiger partial charge in [-0.1, -0.05) is 28.9 Å². The lowest BCUT2D eigenvalue weighted by Gasteiger charge is -1.96. The van der Waals surface area contributed by atoms with Crippen molar-refractivity contribution in [2.75, 3.05) is 0 Å². The molecule has 2 aromatic rings. The highest BCUT2D eigenvalue weighted by molar-refractivity contribution is 6.31. The van der Waals surface area contributed by atoms with Crippen LogP contribution in [0.5, 0.6) is 0 Å². The number of ketones is 1. The number of nitrogens with zero attached hydrogens (tertiary/aromatic N) is 1. The molecule has 0 spiro atoms. The van der Waals surface area contributed by atoms with Gasteiger partial charge in [0.25, 0.3) is 0 Å². The lowest BCUT2D eigenvalue weighted by Crippen LogP contribution is -1.98. The average Bonchev–Trinajstić information content (AvgIpc) is 2.69. The summed E-state index contributed by atoms with van der Waals surface area (Å²) in [5.41, 5.74) is 0.952. The summed E-state index contributed by atoms with van der Waals surface area (Å²) in [6.07, 6.45) is 2.69. The third kappa shape index (κ3) is 1.67. The normalized spacial score (nSPS) is 10.1. The van der Waals surface area contributed by atoms with Crippen molar-refractivity contribution in [1.29, 1.82) is 0 Å². The van der Waals surface area contributed by atoms with Gasteiger partial charge in [0.05, 0.1) is 11.8 Å². The largest absolute Gasteiger partial charge is 0.364 e. The highest BCUT2D eigenvalue weighted by Gasteiger charge is 2.10. The summed E-state index contributed by atoms with van der Waals surface area (Å²) in [5.74, 6) is -0.145. The molecule has 0 N–H and O–H groups in total. The number of rotatable bonds is 2. The van der Waals surface area contributed by atoms with Crippen LogP contribution in [-0.2, 0) is 0 Å². The van der Waals surface area contributed by atoms with Gasteiger partial charge in [-0.25, -0.2) is 0 Å². The first-order valence-electron chi connectivity index (χ1n) is 3.97.